The van der Waals surface area contributed by atoms with Crippen LogP contribution in [-0.4, -0.2) is 41.8 Å². The molecule has 1 fully saturated rings. The van der Waals surface area contributed by atoms with Crippen LogP contribution in [0.25, 0.3) is 0 Å². The molecule has 0 aromatic heterocycles. The lowest BCUT2D eigenvalue weighted by Gasteiger charge is -2.35. The zero-order valence-corrected chi connectivity index (χ0v) is 13.7. The summed E-state index contributed by atoms with van der Waals surface area (Å²) in [5, 5.41) is 12.3. The SMILES string of the molecule is COc1ccc(F)c(NC(=O)N(C[C@H](C)O)C2CCCCC2)c1. The number of benzene rings is 1. The van der Waals surface area contributed by atoms with E-state index in [1.54, 1.807) is 11.8 Å². The Morgan fingerprint density at radius 3 is 2.74 bits per heavy atom. The zero-order valence-electron chi connectivity index (χ0n) is 13.7. The van der Waals surface area contributed by atoms with Crippen molar-refractivity contribution < 1.29 is 19.0 Å². The third kappa shape index (κ3) is 4.82. The van der Waals surface area contributed by atoms with E-state index < -0.39 is 11.9 Å². The maximum absolute atomic E-state index is 13.9. The Hall–Kier alpha value is -1.82. The van der Waals surface area contributed by atoms with Gasteiger partial charge in [-0.05, 0) is 31.9 Å². The number of nitrogens with zero attached hydrogens (tertiary/aromatic N) is 1. The van der Waals surface area contributed by atoms with E-state index in [4.69, 9.17) is 4.74 Å². The van der Waals surface area contributed by atoms with Gasteiger partial charge < -0.3 is 20.1 Å². The molecule has 2 amide bonds. The second-order valence-corrected chi connectivity index (χ2v) is 6.07. The quantitative estimate of drug-likeness (QED) is 0.873. The van der Waals surface area contributed by atoms with Crippen LogP contribution in [-0.2, 0) is 0 Å². The molecule has 0 aliphatic heterocycles. The topological polar surface area (TPSA) is 61.8 Å². The fourth-order valence-electron chi connectivity index (χ4n) is 2.99. The molecule has 0 spiro atoms. The van der Waals surface area contributed by atoms with E-state index in [9.17, 15) is 14.3 Å². The summed E-state index contributed by atoms with van der Waals surface area (Å²) in [7, 11) is 1.49. The largest absolute Gasteiger partial charge is 0.497 e. The molecule has 0 unspecified atom stereocenters. The molecule has 1 atom stereocenters. The highest BCUT2D eigenvalue weighted by Crippen LogP contribution is 2.25. The minimum absolute atomic E-state index is 0.0840. The Balaban J connectivity index is 2.13. The number of urea groups is 1. The van der Waals surface area contributed by atoms with Gasteiger partial charge in [0.1, 0.15) is 11.6 Å². The smallest absolute Gasteiger partial charge is 0.322 e. The van der Waals surface area contributed by atoms with Crippen LogP contribution in [0.3, 0.4) is 0 Å². The van der Waals surface area contributed by atoms with Crippen molar-refractivity contribution in [3.63, 3.8) is 0 Å². The van der Waals surface area contributed by atoms with Crippen LogP contribution in [0.2, 0.25) is 0 Å². The summed E-state index contributed by atoms with van der Waals surface area (Å²) in [5.74, 6) is -0.0405. The molecule has 1 saturated carbocycles. The Morgan fingerprint density at radius 1 is 1.43 bits per heavy atom. The molecular weight excluding hydrogens is 299 g/mol. The van der Waals surface area contributed by atoms with Crippen LogP contribution in [0.1, 0.15) is 39.0 Å². The molecule has 1 aliphatic carbocycles. The zero-order chi connectivity index (χ0) is 16.8. The molecule has 0 bridgehead atoms. The van der Waals surface area contributed by atoms with E-state index in [0.717, 1.165) is 25.7 Å². The molecular formula is C17H25FN2O3. The first kappa shape index (κ1) is 17.5. The van der Waals surface area contributed by atoms with Crippen molar-refractivity contribution >= 4 is 11.7 Å². The van der Waals surface area contributed by atoms with Crippen LogP contribution in [0.5, 0.6) is 5.75 Å². The van der Waals surface area contributed by atoms with Crippen LogP contribution in [0.15, 0.2) is 18.2 Å². The number of halogens is 1. The average molecular weight is 324 g/mol. The first-order chi connectivity index (χ1) is 11.0. The minimum atomic E-state index is -0.627. The normalized spacial score (nSPS) is 16.7. The van der Waals surface area contributed by atoms with Crippen molar-refractivity contribution in [3.05, 3.63) is 24.0 Å². The molecule has 5 nitrogen and oxygen atoms in total. The van der Waals surface area contributed by atoms with E-state index in [2.05, 4.69) is 5.32 Å². The molecule has 1 aromatic carbocycles. The van der Waals surface area contributed by atoms with E-state index >= 15 is 0 Å². The summed E-state index contributed by atoms with van der Waals surface area (Å²) in [4.78, 5) is 14.2. The third-order valence-corrected chi connectivity index (χ3v) is 4.15. The highest BCUT2D eigenvalue weighted by Gasteiger charge is 2.27. The summed E-state index contributed by atoms with van der Waals surface area (Å²) >= 11 is 0. The monoisotopic (exact) mass is 324 g/mol. The van der Waals surface area contributed by atoms with Gasteiger partial charge in [-0.25, -0.2) is 9.18 Å². The van der Waals surface area contributed by atoms with Gasteiger partial charge in [-0.2, -0.15) is 0 Å². The molecule has 128 valence electrons. The predicted octanol–water partition coefficient (Wildman–Crippen LogP) is 3.38. The number of methoxy groups -OCH3 is 1. The summed E-state index contributed by atoms with van der Waals surface area (Å²) in [5.41, 5.74) is 0.0840. The van der Waals surface area contributed by atoms with E-state index in [1.165, 1.54) is 31.7 Å². The molecule has 6 heteroatoms. The minimum Gasteiger partial charge on any atom is -0.497 e. The van der Waals surface area contributed by atoms with Gasteiger partial charge in [0.15, 0.2) is 0 Å². The molecule has 2 rings (SSSR count). The van der Waals surface area contributed by atoms with E-state index in [-0.39, 0.29) is 24.3 Å². The Kier molecular flexibility index (Phi) is 6.21. The fraction of sp³-hybridized carbons (Fsp3) is 0.588. The Morgan fingerprint density at radius 2 is 2.13 bits per heavy atom. The van der Waals surface area contributed by atoms with Gasteiger partial charge in [0.05, 0.1) is 18.9 Å². The standard InChI is InChI=1S/C17H25FN2O3/c1-12(21)11-20(13-6-4-3-5-7-13)17(22)19-16-10-14(23-2)8-9-15(16)18/h8-10,12-13,21H,3-7,11H2,1-2H3,(H,19,22)/t12-/m0/s1. The Bertz CT molecular complexity index is 531. The van der Waals surface area contributed by atoms with Crippen molar-refractivity contribution in [1.82, 2.24) is 4.90 Å². The van der Waals surface area contributed by atoms with Crippen LogP contribution < -0.4 is 10.1 Å². The number of amides is 2. The van der Waals surface area contributed by atoms with Gasteiger partial charge in [-0.3, -0.25) is 0 Å². The fourth-order valence-corrected chi connectivity index (χ4v) is 2.99. The number of aliphatic hydroxyl groups is 1. The van der Waals surface area contributed by atoms with Crippen molar-refractivity contribution in [2.24, 2.45) is 0 Å². The number of anilines is 1. The highest BCUT2D eigenvalue weighted by atomic mass is 19.1. The van der Waals surface area contributed by atoms with E-state index in [0.29, 0.717) is 5.75 Å². The van der Waals surface area contributed by atoms with Crippen LogP contribution >= 0.6 is 0 Å². The summed E-state index contributed by atoms with van der Waals surface area (Å²) < 4.78 is 19.0. The van der Waals surface area contributed by atoms with Crippen molar-refractivity contribution in [3.8, 4) is 5.75 Å². The molecule has 1 aromatic rings. The van der Waals surface area contributed by atoms with Crippen LogP contribution in [0, 0.1) is 5.82 Å². The average Bonchev–Trinajstić information content (AvgIpc) is 2.55. The van der Waals surface area contributed by atoms with E-state index in [1.807, 2.05) is 0 Å². The van der Waals surface area contributed by atoms with Crippen LogP contribution in [0.4, 0.5) is 14.9 Å². The third-order valence-electron chi connectivity index (χ3n) is 4.15. The van der Waals surface area contributed by atoms with Gasteiger partial charge in [-0.1, -0.05) is 19.3 Å². The number of hydrogen-bond donors (Lipinski definition) is 2. The number of ether oxygens (including phenoxy) is 1. The number of hydrogen-bond acceptors (Lipinski definition) is 3. The number of carbonyl (C=O) groups excluding carboxylic acids is 1. The van der Waals surface area contributed by atoms with Gasteiger partial charge >= 0.3 is 6.03 Å². The number of carbonyl (C=O) groups is 1. The Labute approximate surface area is 136 Å². The van der Waals surface area contributed by atoms with Gasteiger partial charge in [0, 0.05) is 18.7 Å². The lowest BCUT2D eigenvalue weighted by Crippen LogP contribution is -2.47. The summed E-state index contributed by atoms with van der Waals surface area (Å²) in [6.07, 6.45) is 4.52. The van der Waals surface area contributed by atoms with Crippen molar-refractivity contribution in [2.75, 3.05) is 19.0 Å². The lowest BCUT2D eigenvalue weighted by molar-refractivity contribution is 0.105. The number of aliphatic hydroxyl groups excluding tert-OH is 1. The predicted molar refractivity (Wildman–Crippen MR) is 87.2 cm³/mol. The number of nitrogens with one attached hydrogen (secondary N) is 1. The maximum Gasteiger partial charge on any atom is 0.322 e. The second kappa shape index (κ2) is 8.15. The summed E-state index contributed by atoms with van der Waals surface area (Å²) in [6, 6.07) is 3.92. The molecule has 23 heavy (non-hydrogen) atoms. The highest BCUT2D eigenvalue weighted by molar-refractivity contribution is 5.90. The maximum atomic E-state index is 13.9. The second-order valence-electron chi connectivity index (χ2n) is 6.07. The molecule has 2 N–H and O–H groups in total. The molecule has 0 heterocycles. The molecule has 0 radical (unpaired) electrons. The van der Waals surface area contributed by atoms with Gasteiger partial charge in [0.25, 0.3) is 0 Å². The van der Waals surface area contributed by atoms with Crippen molar-refractivity contribution in [1.29, 1.82) is 0 Å². The van der Waals surface area contributed by atoms with Gasteiger partial charge in [-0.15, -0.1) is 0 Å². The van der Waals surface area contributed by atoms with Crippen molar-refractivity contribution in [2.45, 2.75) is 51.2 Å². The first-order valence-electron chi connectivity index (χ1n) is 8.10. The first-order valence-corrected chi connectivity index (χ1v) is 8.10. The summed E-state index contributed by atoms with van der Waals surface area (Å²) in [6.45, 7) is 1.89. The number of rotatable bonds is 5. The molecule has 1 aliphatic rings. The van der Waals surface area contributed by atoms with Gasteiger partial charge in [0.2, 0.25) is 0 Å². The lowest BCUT2D eigenvalue weighted by atomic mass is 9.94. The molecule has 0 saturated heterocycles.